The number of methoxy groups -OCH3 is 1. The number of fused-ring (bicyclic) bond motifs is 1. The zero-order chi connectivity index (χ0) is 24.2. The largest absolute Gasteiger partial charge is 0.495 e. The van der Waals surface area contributed by atoms with Crippen molar-refractivity contribution in [3.8, 4) is 11.5 Å². The second kappa shape index (κ2) is 9.72. The van der Waals surface area contributed by atoms with E-state index in [9.17, 15) is 4.79 Å². The third-order valence-corrected chi connectivity index (χ3v) is 5.84. The van der Waals surface area contributed by atoms with Crippen LogP contribution in [0.2, 0.25) is 0 Å². The molecule has 1 aliphatic heterocycles. The highest BCUT2D eigenvalue weighted by atomic mass is 16.5. The first-order valence-corrected chi connectivity index (χ1v) is 11.2. The molecule has 5 rings (SSSR count). The Labute approximate surface area is 203 Å². The molecule has 3 aromatic carbocycles. The molecule has 0 aliphatic carbocycles. The number of aromatic nitrogens is 3. The number of amides is 1. The molecule has 0 bridgehead atoms. The van der Waals surface area contributed by atoms with Gasteiger partial charge in [0.2, 0.25) is 5.95 Å². The van der Waals surface area contributed by atoms with Gasteiger partial charge in [-0.1, -0.05) is 60.7 Å². The molecular formula is C27H25N5O3. The van der Waals surface area contributed by atoms with Gasteiger partial charge < -0.3 is 20.1 Å². The molecule has 176 valence electrons. The molecule has 1 aliphatic rings. The number of carbonyl (C=O) groups excluding carboxylic acids is 1. The van der Waals surface area contributed by atoms with Gasteiger partial charge in [-0.3, -0.25) is 4.79 Å². The van der Waals surface area contributed by atoms with Gasteiger partial charge in [0, 0.05) is 11.3 Å². The first kappa shape index (κ1) is 22.2. The average Bonchev–Trinajstić information content (AvgIpc) is 3.36. The van der Waals surface area contributed by atoms with Crippen LogP contribution in [0, 0.1) is 0 Å². The number of allylic oxidation sites excluding steroid dienone is 1. The average molecular weight is 468 g/mol. The summed E-state index contributed by atoms with van der Waals surface area (Å²) in [6.45, 7) is 2.26. The lowest BCUT2D eigenvalue weighted by Crippen LogP contribution is -2.31. The summed E-state index contributed by atoms with van der Waals surface area (Å²) in [4.78, 5) is 18.0. The van der Waals surface area contributed by atoms with Gasteiger partial charge in [0.05, 0.1) is 18.4 Å². The topological polar surface area (TPSA) is 90.3 Å². The summed E-state index contributed by atoms with van der Waals surface area (Å²) in [5.74, 6) is 1.52. The number of nitrogens with one attached hydrogen (secondary N) is 2. The van der Waals surface area contributed by atoms with Gasteiger partial charge in [-0.25, -0.2) is 4.68 Å². The zero-order valence-corrected chi connectivity index (χ0v) is 19.4. The van der Waals surface area contributed by atoms with Gasteiger partial charge in [-0.2, -0.15) is 10.1 Å². The highest BCUT2D eigenvalue weighted by molar-refractivity contribution is 6.06. The summed E-state index contributed by atoms with van der Waals surface area (Å²) in [7, 11) is 1.57. The van der Waals surface area contributed by atoms with Crippen LogP contribution < -0.4 is 20.1 Å². The normalized spacial score (nSPS) is 14.6. The predicted octanol–water partition coefficient (Wildman–Crippen LogP) is 4.79. The minimum absolute atomic E-state index is 0.275. The first-order valence-electron chi connectivity index (χ1n) is 11.2. The number of rotatable bonds is 7. The number of hydrogen-bond acceptors (Lipinski definition) is 6. The lowest BCUT2D eigenvalue weighted by molar-refractivity contribution is -0.113. The molecule has 4 aromatic rings. The maximum absolute atomic E-state index is 13.7. The van der Waals surface area contributed by atoms with E-state index in [0.717, 1.165) is 11.1 Å². The molecule has 0 spiro atoms. The first-order chi connectivity index (χ1) is 17.2. The van der Waals surface area contributed by atoms with Crippen LogP contribution in [-0.4, -0.2) is 27.8 Å². The molecule has 0 radical (unpaired) electrons. The number of benzene rings is 3. The minimum atomic E-state index is -0.546. The Hall–Kier alpha value is -4.59. The lowest BCUT2D eigenvalue weighted by atomic mass is 9.94. The summed E-state index contributed by atoms with van der Waals surface area (Å²) in [6.07, 6.45) is 1.47. The molecular weight excluding hydrogens is 442 g/mol. The summed E-state index contributed by atoms with van der Waals surface area (Å²) in [5, 5.41) is 10.6. The lowest BCUT2D eigenvalue weighted by Gasteiger charge is -2.30. The Morgan fingerprint density at radius 3 is 2.51 bits per heavy atom. The molecule has 1 amide bonds. The van der Waals surface area contributed by atoms with Gasteiger partial charge in [-0.15, -0.1) is 0 Å². The number of hydrogen-bond donors (Lipinski definition) is 2. The van der Waals surface area contributed by atoms with Crippen molar-refractivity contribution in [1.82, 2.24) is 14.8 Å². The fraction of sp³-hybridized carbons (Fsp3) is 0.148. The van der Waals surface area contributed by atoms with E-state index in [-0.39, 0.29) is 5.91 Å². The van der Waals surface area contributed by atoms with Crippen molar-refractivity contribution < 1.29 is 14.3 Å². The van der Waals surface area contributed by atoms with Crippen LogP contribution in [0.1, 0.15) is 24.1 Å². The maximum atomic E-state index is 13.7. The van der Waals surface area contributed by atoms with E-state index in [1.807, 2.05) is 73.7 Å². The molecule has 2 N–H and O–H groups in total. The van der Waals surface area contributed by atoms with Crippen LogP contribution in [0.3, 0.4) is 0 Å². The molecule has 8 heteroatoms. The summed E-state index contributed by atoms with van der Waals surface area (Å²) < 4.78 is 13.3. The van der Waals surface area contributed by atoms with Gasteiger partial charge in [0.25, 0.3) is 5.91 Å². The molecule has 1 atom stereocenters. The maximum Gasteiger partial charge on any atom is 0.255 e. The van der Waals surface area contributed by atoms with Gasteiger partial charge in [-0.05, 0) is 30.7 Å². The summed E-state index contributed by atoms with van der Waals surface area (Å²) in [6, 6.07) is 24.4. The molecule has 0 fully saturated rings. The third kappa shape index (κ3) is 4.46. The highest BCUT2D eigenvalue weighted by Gasteiger charge is 2.35. The van der Waals surface area contributed by atoms with Crippen LogP contribution in [0.25, 0.3) is 0 Å². The molecule has 35 heavy (non-hydrogen) atoms. The van der Waals surface area contributed by atoms with Crippen LogP contribution in [0.4, 0.5) is 11.6 Å². The van der Waals surface area contributed by atoms with E-state index in [4.69, 9.17) is 9.47 Å². The van der Waals surface area contributed by atoms with Crippen molar-refractivity contribution in [2.45, 2.75) is 19.6 Å². The molecule has 1 unspecified atom stereocenters. The van der Waals surface area contributed by atoms with Crippen LogP contribution >= 0.6 is 0 Å². The summed E-state index contributed by atoms with van der Waals surface area (Å²) in [5.41, 5.74) is 3.62. The van der Waals surface area contributed by atoms with Crippen molar-refractivity contribution in [2.24, 2.45) is 0 Å². The fourth-order valence-corrected chi connectivity index (χ4v) is 4.18. The van der Waals surface area contributed by atoms with Crippen LogP contribution in [0.5, 0.6) is 11.5 Å². The zero-order valence-electron chi connectivity index (χ0n) is 19.4. The monoisotopic (exact) mass is 467 g/mol. The van der Waals surface area contributed by atoms with Gasteiger partial charge >= 0.3 is 0 Å². The van der Waals surface area contributed by atoms with E-state index in [2.05, 4.69) is 20.7 Å². The Bertz CT molecular complexity index is 1380. The summed E-state index contributed by atoms with van der Waals surface area (Å²) >= 11 is 0. The number of nitrogens with zero attached hydrogens (tertiary/aromatic N) is 3. The van der Waals surface area contributed by atoms with Crippen molar-refractivity contribution in [1.29, 1.82) is 0 Å². The standard InChI is InChI=1S/C27H25N5O3/c1-18-24(26(33)31-21-13-7-9-15-23(21)34-2)25(32-27(30-18)28-17-29-32)20-12-6-8-14-22(20)35-16-19-10-4-3-5-11-19/h3-15,17,25H,16H2,1-2H3,(H,31,33)(H,28,29,30). The fourth-order valence-electron chi connectivity index (χ4n) is 4.18. The quantitative estimate of drug-likeness (QED) is 0.406. The SMILES string of the molecule is COc1ccccc1NC(=O)C1=C(C)Nc2ncnn2C1c1ccccc1OCc1ccccc1. The second-order valence-electron chi connectivity index (χ2n) is 8.06. The Balaban J connectivity index is 1.53. The molecule has 1 aromatic heterocycles. The number of anilines is 2. The third-order valence-electron chi connectivity index (χ3n) is 5.84. The van der Waals surface area contributed by atoms with Gasteiger partial charge in [0.15, 0.2) is 0 Å². The number of para-hydroxylation sites is 3. The molecule has 0 saturated carbocycles. The van der Waals surface area contributed by atoms with E-state index in [1.54, 1.807) is 23.9 Å². The van der Waals surface area contributed by atoms with Crippen molar-refractivity contribution in [3.63, 3.8) is 0 Å². The predicted molar refractivity (Wildman–Crippen MR) is 133 cm³/mol. The van der Waals surface area contributed by atoms with E-state index in [0.29, 0.717) is 41.0 Å². The second-order valence-corrected chi connectivity index (χ2v) is 8.06. The van der Waals surface area contributed by atoms with Crippen LogP contribution in [0.15, 0.2) is 96.5 Å². The number of carbonyl (C=O) groups is 1. The van der Waals surface area contributed by atoms with Crippen molar-refractivity contribution >= 4 is 17.5 Å². The molecule has 8 nitrogen and oxygen atoms in total. The smallest absolute Gasteiger partial charge is 0.255 e. The Kier molecular flexibility index (Phi) is 6.17. The van der Waals surface area contributed by atoms with E-state index >= 15 is 0 Å². The number of ether oxygens (including phenoxy) is 2. The van der Waals surface area contributed by atoms with Crippen LogP contribution in [-0.2, 0) is 11.4 Å². The Morgan fingerprint density at radius 1 is 1.00 bits per heavy atom. The Morgan fingerprint density at radius 2 is 1.71 bits per heavy atom. The van der Waals surface area contributed by atoms with Crippen molar-refractivity contribution in [2.75, 3.05) is 17.7 Å². The van der Waals surface area contributed by atoms with E-state index in [1.165, 1.54) is 6.33 Å². The van der Waals surface area contributed by atoms with Crippen molar-refractivity contribution in [3.05, 3.63) is 108 Å². The highest BCUT2D eigenvalue weighted by Crippen LogP contribution is 2.39. The van der Waals surface area contributed by atoms with Gasteiger partial charge in [0.1, 0.15) is 30.5 Å². The molecule has 2 heterocycles. The minimum Gasteiger partial charge on any atom is -0.495 e. The van der Waals surface area contributed by atoms with E-state index < -0.39 is 6.04 Å². The molecule has 0 saturated heterocycles.